The molecule has 0 spiro atoms. The maximum Gasteiger partial charge on any atom is 0.0961 e. The van der Waals surface area contributed by atoms with Gasteiger partial charge in [0.05, 0.1) is 19.5 Å². The molecular formula is C10H17NO2. The first-order valence-electron chi connectivity index (χ1n) is 4.62. The zero-order valence-corrected chi connectivity index (χ0v) is 8.05. The van der Waals surface area contributed by atoms with Crippen LogP contribution in [-0.2, 0) is 4.74 Å². The van der Waals surface area contributed by atoms with E-state index in [4.69, 9.17) is 9.84 Å². The van der Waals surface area contributed by atoms with Crippen molar-refractivity contribution in [1.29, 1.82) is 0 Å². The highest BCUT2D eigenvalue weighted by atomic mass is 16.5. The first-order valence-corrected chi connectivity index (χ1v) is 4.62. The quantitative estimate of drug-likeness (QED) is 0.620. The SMILES string of the molecule is COC1=CC(CNCCO)=CCC1. The van der Waals surface area contributed by atoms with Gasteiger partial charge in [0.2, 0.25) is 0 Å². The van der Waals surface area contributed by atoms with E-state index in [-0.39, 0.29) is 6.61 Å². The van der Waals surface area contributed by atoms with Crippen LogP contribution in [0.25, 0.3) is 0 Å². The second-order valence-electron chi connectivity index (χ2n) is 3.03. The standard InChI is InChI=1S/C10H17NO2/c1-13-10-4-2-3-9(7-10)8-11-5-6-12/h3,7,11-12H,2,4-6,8H2,1H3. The maximum absolute atomic E-state index is 8.57. The number of hydrogen-bond acceptors (Lipinski definition) is 3. The average molecular weight is 183 g/mol. The Balaban J connectivity index is 2.33. The molecule has 0 aromatic carbocycles. The van der Waals surface area contributed by atoms with Crippen LogP contribution in [0.15, 0.2) is 23.5 Å². The van der Waals surface area contributed by atoms with Gasteiger partial charge < -0.3 is 15.2 Å². The third kappa shape index (κ3) is 3.61. The first-order chi connectivity index (χ1) is 6.36. The van der Waals surface area contributed by atoms with Crippen LogP contribution in [0.5, 0.6) is 0 Å². The van der Waals surface area contributed by atoms with Gasteiger partial charge in [-0.05, 0) is 18.1 Å². The molecule has 1 aliphatic carbocycles. The Morgan fingerprint density at radius 3 is 3.15 bits per heavy atom. The van der Waals surface area contributed by atoms with Crippen LogP contribution >= 0.6 is 0 Å². The Bertz CT molecular complexity index is 209. The predicted octanol–water partition coefficient (Wildman–Crippen LogP) is 0.819. The smallest absolute Gasteiger partial charge is 0.0961 e. The lowest BCUT2D eigenvalue weighted by atomic mass is 10.1. The minimum Gasteiger partial charge on any atom is -0.501 e. The minimum absolute atomic E-state index is 0.189. The number of allylic oxidation sites excluding steroid dienone is 2. The summed E-state index contributed by atoms with van der Waals surface area (Å²) in [5.41, 5.74) is 1.25. The Kier molecular flexibility index (Phi) is 4.57. The minimum atomic E-state index is 0.189. The lowest BCUT2D eigenvalue weighted by molar-refractivity contribution is 0.275. The number of ether oxygens (including phenoxy) is 1. The van der Waals surface area contributed by atoms with Crippen molar-refractivity contribution in [2.75, 3.05) is 26.8 Å². The van der Waals surface area contributed by atoms with Crippen molar-refractivity contribution in [1.82, 2.24) is 5.32 Å². The number of rotatable bonds is 5. The van der Waals surface area contributed by atoms with Crippen LogP contribution in [0.3, 0.4) is 0 Å². The van der Waals surface area contributed by atoms with Gasteiger partial charge in [0, 0.05) is 19.5 Å². The Labute approximate surface area is 79.1 Å². The summed E-state index contributed by atoms with van der Waals surface area (Å²) in [5, 5.41) is 11.7. The zero-order valence-electron chi connectivity index (χ0n) is 8.05. The van der Waals surface area contributed by atoms with E-state index in [0.717, 1.165) is 25.1 Å². The summed E-state index contributed by atoms with van der Waals surface area (Å²) in [6.45, 7) is 1.65. The molecule has 74 valence electrons. The molecule has 1 rings (SSSR count). The highest BCUT2D eigenvalue weighted by molar-refractivity contribution is 5.26. The van der Waals surface area contributed by atoms with E-state index in [2.05, 4.69) is 17.5 Å². The van der Waals surface area contributed by atoms with E-state index >= 15 is 0 Å². The molecule has 13 heavy (non-hydrogen) atoms. The van der Waals surface area contributed by atoms with Crippen molar-refractivity contribution in [3.05, 3.63) is 23.5 Å². The van der Waals surface area contributed by atoms with Gasteiger partial charge in [0.25, 0.3) is 0 Å². The fourth-order valence-corrected chi connectivity index (χ4v) is 1.33. The second kappa shape index (κ2) is 5.78. The molecule has 0 radical (unpaired) electrons. The molecule has 3 nitrogen and oxygen atoms in total. The summed E-state index contributed by atoms with van der Waals surface area (Å²) in [6.07, 6.45) is 6.32. The molecule has 0 saturated carbocycles. The normalized spacial score (nSPS) is 16.5. The molecule has 3 heteroatoms. The van der Waals surface area contributed by atoms with E-state index < -0.39 is 0 Å². The lowest BCUT2D eigenvalue weighted by Crippen LogP contribution is -2.21. The number of nitrogens with one attached hydrogen (secondary N) is 1. The van der Waals surface area contributed by atoms with Crippen molar-refractivity contribution < 1.29 is 9.84 Å². The third-order valence-electron chi connectivity index (χ3n) is 2.02. The van der Waals surface area contributed by atoms with E-state index in [1.165, 1.54) is 5.57 Å². The monoisotopic (exact) mass is 183 g/mol. The molecular weight excluding hydrogens is 166 g/mol. The molecule has 1 aliphatic rings. The summed E-state index contributed by atoms with van der Waals surface area (Å²) < 4.78 is 5.17. The van der Waals surface area contributed by atoms with Crippen LogP contribution in [-0.4, -0.2) is 31.9 Å². The topological polar surface area (TPSA) is 41.5 Å². The summed E-state index contributed by atoms with van der Waals surface area (Å²) in [7, 11) is 1.70. The largest absolute Gasteiger partial charge is 0.501 e. The summed E-state index contributed by atoms with van der Waals surface area (Å²) in [4.78, 5) is 0. The molecule has 0 bridgehead atoms. The van der Waals surface area contributed by atoms with Crippen LogP contribution in [0.4, 0.5) is 0 Å². The number of methoxy groups -OCH3 is 1. The van der Waals surface area contributed by atoms with Gasteiger partial charge in [-0.25, -0.2) is 0 Å². The van der Waals surface area contributed by atoms with Crippen molar-refractivity contribution in [3.8, 4) is 0 Å². The van der Waals surface area contributed by atoms with E-state index in [9.17, 15) is 0 Å². The van der Waals surface area contributed by atoms with E-state index in [0.29, 0.717) is 6.54 Å². The van der Waals surface area contributed by atoms with E-state index in [1.807, 2.05) is 0 Å². The molecule has 0 aromatic rings. The fourth-order valence-electron chi connectivity index (χ4n) is 1.33. The lowest BCUT2D eigenvalue weighted by Gasteiger charge is -2.12. The Morgan fingerprint density at radius 1 is 1.62 bits per heavy atom. The van der Waals surface area contributed by atoms with Gasteiger partial charge >= 0.3 is 0 Å². The van der Waals surface area contributed by atoms with Crippen LogP contribution in [0.2, 0.25) is 0 Å². The van der Waals surface area contributed by atoms with Crippen LogP contribution < -0.4 is 5.32 Å². The molecule has 0 amide bonds. The molecule has 0 atom stereocenters. The van der Waals surface area contributed by atoms with Crippen LogP contribution in [0, 0.1) is 0 Å². The van der Waals surface area contributed by atoms with Crippen molar-refractivity contribution in [2.24, 2.45) is 0 Å². The number of aliphatic hydroxyl groups is 1. The van der Waals surface area contributed by atoms with E-state index in [1.54, 1.807) is 7.11 Å². The fraction of sp³-hybridized carbons (Fsp3) is 0.600. The summed E-state index contributed by atoms with van der Waals surface area (Å²) >= 11 is 0. The zero-order chi connectivity index (χ0) is 9.52. The predicted molar refractivity (Wildman–Crippen MR) is 52.4 cm³/mol. The van der Waals surface area contributed by atoms with Gasteiger partial charge in [-0.15, -0.1) is 0 Å². The van der Waals surface area contributed by atoms with Gasteiger partial charge in [-0.3, -0.25) is 0 Å². The summed E-state index contributed by atoms with van der Waals surface area (Å²) in [6, 6.07) is 0. The van der Waals surface area contributed by atoms with Crippen molar-refractivity contribution in [3.63, 3.8) is 0 Å². The average Bonchev–Trinajstić information content (AvgIpc) is 2.19. The van der Waals surface area contributed by atoms with Gasteiger partial charge in [-0.2, -0.15) is 0 Å². The Hall–Kier alpha value is -0.800. The highest BCUT2D eigenvalue weighted by Gasteiger charge is 2.04. The second-order valence-corrected chi connectivity index (χ2v) is 3.03. The Morgan fingerprint density at radius 2 is 2.46 bits per heavy atom. The van der Waals surface area contributed by atoms with Crippen LogP contribution in [0.1, 0.15) is 12.8 Å². The molecule has 0 aliphatic heterocycles. The van der Waals surface area contributed by atoms with Crippen molar-refractivity contribution in [2.45, 2.75) is 12.8 Å². The molecule has 0 saturated heterocycles. The molecule has 2 N–H and O–H groups in total. The third-order valence-corrected chi connectivity index (χ3v) is 2.02. The molecule has 0 heterocycles. The van der Waals surface area contributed by atoms with Gasteiger partial charge in [0.15, 0.2) is 0 Å². The van der Waals surface area contributed by atoms with Crippen molar-refractivity contribution >= 4 is 0 Å². The maximum atomic E-state index is 8.57. The molecule has 0 fully saturated rings. The highest BCUT2D eigenvalue weighted by Crippen LogP contribution is 2.16. The van der Waals surface area contributed by atoms with Gasteiger partial charge in [0.1, 0.15) is 0 Å². The number of hydrogen-bond donors (Lipinski definition) is 2. The molecule has 0 aromatic heterocycles. The first kappa shape index (κ1) is 10.3. The molecule has 0 unspecified atom stereocenters. The van der Waals surface area contributed by atoms with Gasteiger partial charge in [-0.1, -0.05) is 6.08 Å². The summed E-state index contributed by atoms with van der Waals surface area (Å²) in [5.74, 6) is 1.04. The number of aliphatic hydroxyl groups excluding tert-OH is 1.